The summed E-state index contributed by atoms with van der Waals surface area (Å²) >= 11 is 0. The molecule has 2 rings (SSSR count). The number of aliphatic hydroxyl groups excluding tert-OH is 1. The van der Waals surface area contributed by atoms with Gasteiger partial charge in [0.1, 0.15) is 0 Å². The van der Waals surface area contributed by atoms with Crippen LogP contribution in [0.2, 0.25) is 0 Å². The molecule has 0 saturated heterocycles. The Labute approximate surface area is 105 Å². The molecule has 1 aliphatic rings. The summed E-state index contributed by atoms with van der Waals surface area (Å²) in [5.74, 6) is 0.217. The number of hydrogen-bond donors (Lipinski definition) is 2. The maximum absolute atomic E-state index is 10.5. The predicted molar refractivity (Wildman–Crippen MR) is 64.0 cm³/mol. The van der Waals surface area contributed by atoms with Gasteiger partial charge in [-0.2, -0.15) is 0 Å². The van der Waals surface area contributed by atoms with Crippen molar-refractivity contribution in [2.75, 3.05) is 13.2 Å². The lowest BCUT2D eigenvalue weighted by Crippen LogP contribution is -2.19. The van der Waals surface area contributed by atoms with E-state index in [2.05, 4.69) is 0 Å². The summed E-state index contributed by atoms with van der Waals surface area (Å²) < 4.78 is 11.0. The number of rotatable bonds is 4. The summed E-state index contributed by atoms with van der Waals surface area (Å²) in [5, 5.41) is 17.8. The van der Waals surface area contributed by atoms with E-state index in [0.29, 0.717) is 25.4 Å². The van der Waals surface area contributed by atoms with Gasteiger partial charge in [0.25, 0.3) is 0 Å². The highest BCUT2D eigenvalue weighted by molar-refractivity contribution is 5.71. The van der Waals surface area contributed by atoms with Gasteiger partial charge in [-0.05, 0) is 30.5 Å². The maximum Gasteiger partial charge on any atom is 0.332 e. The average Bonchev–Trinajstić information content (AvgIpc) is 2.60. The highest BCUT2D eigenvalue weighted by atomic mass is 16.5. The van der Waals surface area contributed by atoms with Gasteiger partial charge in [0.2, 0.25) is 0 Å². The lowest BCUT2D eigenvalue weighted by Gasteiger charge is -2.10. The van der Waals surface area contributed by atoms with Gasteiger partial charge in [0.05, 0.1) is 13.2 Å². The number of aliphatic carboxylic acids is 1. The molecule has 5 nitrogen and oxygen atoms in total. The molecule has 0 aromatic heterocycles. The summed E-state index contributed by atoms with van der Waals surface area (Å²) in [6.45, 7) is 1.26. The van der Waals surface area contributed by atoms with E-state index in [9.17, 15) is 9.90 Å². The second-order valence-corrected chi connectivity index (χ2v) is 4.22. The van der Waals surface area contributed by atoms with Crippen molar-refractivity contribution in [1.29, 1.82) is 0 Å². The van der Waals surface area contributed by atoms with Crippen molar-refractivity contribution in [2.24, 2.45) is 0 Å². The van der Waals surface area contributed by atoms with Crippen molar-refractivity contribution >= 4 is 5.97 Å². The summed E-state index contributed by atoms with van der Waals surface area (Å²) in [7, 11) is 0. The molecule has 1 unspecified atom stereocenters. The van der Waals surface area contributed by atoms with E-state index in [0.717, 1.165) is 17.7 Å². The van der Waals surface area contributed by atoms with Crippen LogP contribution < -0.4 is 9.47 Å². The van der Waals surface area contributed by atoms with Crippen LogP contribution in [-0.4, -0.2) is 35.5 Å². The van der Waals surface area contributed by atoms with Gasteiger partial charge in [-0.3, -0.25) is 0 Å². The van der Waals surface area contributed by atoms with Crippen LogP contribution in [0.15, 0.2) is 18.2 Å². The largest absolute Gasteiger partial charge is 0.490 e. The third-order valence-electron chi connectivity index (χ3n) is 2.80. The standard InChI is InChI=1S/C13H16O5/c14-10(13(15)16)4-2-9-3-5-11-12(8-9)18-7-1-6-17-11/h3,5,8,10,14H,1-2,4,6-7H2,(H,15,16). The van der Waals surface area contributed by atoms with E-state index >= 15 is 0 Å². The number of carboxylic acids is 1. The van der Waals surface area contributed by atoms with Crippen molar-refractivity contribution in [3.05, 3.63) is 23.8 Å². The van der Waals surface area contributed by atoms with Crippen molar-refractivity contribution in [3.63, 3.8) is 0 Å². The van der Waals surface area contributed by atoms with Gasteiger partial charge >= 0.3 is 5.97 Å². The molecule has 0 bridgehead atoms. The maximum atomic E-state index is 10.5. The Balaban J connectivity index is 2.02. The van der Waals surface area contributed by atoms with Crippen LogP contribution in [-0.2, 0) is 11.2 Å². The number of carbonyl (C=O) groups is 1. The minimum absolute atomic E-state index is 0.189. The third-order valence-corrected chi connectivity index (χ3v) is 2.80. The zero-order valence-electron chi connectivity index (χ0n) is 9.96. The Hall–Kier alpha value is -1.75. The second-order valence-electron chi connectivity index (χ2n) is 4.22. The third kappa shape index (κ3) is 3.13. The first-order valence-electron chi connectivity index (χ1n) is 5.96. The van der Waals surface area contributed by atoms with E-state index in [1.807, 2.05) is 18.2 Å². The normalized spacial score (nSPS) is 15.8. The number of hydrogen-bond acceptors (Lipinski definition) is 4. The number of ether oxygens (including phenoxy) is 2. The number of fused-ring (bicyclic) bond motifs is 1. The molecule has 0 amide bonds. The van der Waals surface area contributed by atoms with E-state index < -0.39 is 12.1 Å². The van der Waals surface area contributed by atoms with Gasteiger partial charge in [-0.1, -0.05) is 6.07 Å². The Morgan fingerprint density at radius 2 is 2.00 bits per heavy atom. The van der Waals surface area contributed by atoms with Gasteiger partial charge in [-0.25, -0.2) is 4.79 Å². The first-order chi connectivity index (χ1) is 8.66. The average molecular weight is 252 g/mol. The molecular formula is C13H16O5. The second kappa shape index (κ2) is 5.73. The molecule has 0 saturated carbocycles. The molecule has 5 heteroatoms. The Kier molecular flexibility index (Phi) is 4.04. The Morgan fingerprint density at radius 1 is 1.28 bits per heavy atom. The molecule has 0 radical (unpaired) electrons. The minimum Gasteiger partial charge on any atom is -0.490 e. The van der Waals surface area contributed by atoms with Gasteiger partial charge < -0.3 is 19.7 Å². The van der Waals surface area contributed by atoms with Crippen molar-refractivity contribution in [1.82, 2.24) is 0 Å². The molecule has 1 atom stereocenters. The van der Waals surface area contributed by atoms with E-state index in [-0.39, 0.29) is 6.42 Å². The fourth-order valence-corrected chi connectivity index (χ4v) is 1.79. The van der Waals surface area contributed by atoms with Crippen molar-refractivity contribution in [2.45, 2.75) is 25.4 Å². The number of aryl methyl sites for hydroxylation is 1. The lowest BCUT2D eigenvalue weighted by atomic mass is 10.1. The highest BCUT2D eigenvalue weighted by Gasteiger charge is 2.14. The van der Waals surface area contributed by atoms with Crippen LogP contribution >= 0.6 is 0 Å². The van der Waals surface area contributed by atoms with E-state index in [1.54, 1.807) is 0 Å². The van der Waals surface area contributed by atoms with Crippen LogP contribution in [0.3, 0.4) is 0 Å². The van der Waals surface area contributed by atoms with Crippen LogP contribution in [0, 0.1) is 0 Å². The number of benzene rings is 1. The molecule has 2 N–H and O–H groups in total. The van der Waals surface area contributed by atoms with Crippen LogP contribution in [0.5, 0.6) is 11.5 Å². The fourth-order valence-electron chi connectivity index (χ4n) is 1.79. The van der Waals surface area contributed by atoms with Crippen molar-refractivity contribution < 1.29 is 24.5 Å². The van der Waals surface area contributed by atoms with E-state index in [4.69, 9.17) is 14.6 Å². The van der Waals surface area contributed by atoms with Gasteiger partial charge in [-0.15, -0.1) is 0 Å². The van der Waals surface area contributed by atoms with Gasteiger partial charge in [0.15, 0.2) is 17.6 Å². The molecule has 0 spiro atoms. The summed E-state index contributed by atoms with van der Waals surface area (Å²) in [6.07, 6.45) is 0.210. The lowest BCUT2D eigenvalue weighted by molar-refractivity contribution is -0.146. The Bertz CT molecular complexity index is 429. The van der Waals surface area contributed by atoms with Crippen LogP contribution in [0.4, 0.5) is 0 Å². The quantitative estimate of drug-likeness (QED) is 0.842. The monoisotopic (exact) mass is 252 g/mol. The summed E-state index contributed by atoms with van der Waals surface area (Å²) in [4.78, 5) is 10.5. The molecule has 0 aliphatic carbocycles. The smallest absolute Gasteiger partial charge is 0.332 e. The molecule has 1 aromatic rings. The summed E-state index contributed by atoms with van der Waals surface area (Å²) in [5.41, 5.74) is 0.930. The highest BCUT2D eigenvalue weighted by Crippen LogP contribution is 2.30. The molecule has 1 aromatic carbocycles. The number of carboxylic acid groups (broad SMARTS) is 1. The van der Waals surface area contributed by atoms with Crippen LogP contribution in [0.1, 0.15) is 18.4 Å². The number of aliphatic hydroxyl groups is 1. The van der Waals surface area contributed by atoms with Gasteiger partial charge in [0, 0.05) is 6.42 Å². The first kappa shape index (κ1) is 12.7. The zero-order valence-corrected chi connectivity index (χ0v) is 9.96. The molecule has 1 aliphatic heterocycles. The fraction of sp³-hybridized carbons (Fsp3) is 0.462. The topological polar surface area (TPSA) is 76.0 Å². The van der Waals surface area contributed by atoms with Crippen molar-refractivity contribution in [3.8, 4) is 11.5 Å². The molecule has 18 heavy (non-hydrogen) atoms. The Morgan fingerprint density at radius 3 is 2.72 bits per heavy atom. The molecular weight excluding hydrogens is 236 g/mol. The zero-order chi connectivity index (χ0) is 13.0. The summed E-state index contributed by atoms with van der Waals surface area (Å²) in [6, 6.07) is 5.53. The first-order valence-corrected chi connectivity index (χ1v) is 5.96. The van der Waals surface area contributed by atoms with Crippen LogP contribution in [0.25, 0.3) is 0 Å². The van der Waals surface area contributed by atoms with E-state index in [1.165, 1.54) is 0 Å². The molecule has 1 heterocycles. The minimum atomic E-state index is -1.32. The molecule has 98 valence electrons. The predicted octanol–water partition coefficient (Wildman–Crippen LogP) is 1.23. The SMILES string of the molecule is O=C(O)C(O)CCc1ccc2c(c1)OCCCO2. The molecule has 0 fully saturated rings.